The van der Waals surface area contributed by atoms with Crippen LogP contribution in [-0.2, 0) is 4.79 Å². The van der Waals surface area contributed by atoms with E-state index >= 15 is 0 Å². The van der Waals surface area contributed by atoms with Gasteiger partial charge in [0.05, 0.1) is 5.92 Å². The lowest BCUT2D eigenvalue weighted by Crippen LogP contribution is -2.32. The zero-order valence-electron chi connectivity index (χ0n) is 11.8. The molecule has 3 nitrogen and oxygen atoms in total. The van der Waals surface area contributed by atoms with E-state index in [4.69, 9.17) is 5.73 Å². The molecule has 0 aromatic heterocycles. The first-order valence-electron chi connectivity index (χ1n) is 6.52. The van der Waals surface area contributed by atoms with Gasteiger partial charge in [0.1, 0.15) is 0 Å². The number of amides is 1. The smallest absolute Gasteiger partial charge is 0.229 e. The number of nitrogen functional groups attached to an aromatic ring is 1. The van der Waals surface area contributed by atoms with E-state index < -0.39 is 0 Å². The lowest BCUT2D eigenvalue weighted by Gasteiger charge is -2.22. The topological polar surface area (TPSA) is 46.3 Å². The van der Waals surface area contributed by atoms with Crippen molar-refractivity contribution in [3.8, 4) is 0 Å². The van der Waals surface area contributed by atoms with Crippen LogP contribution in [0.15, 0.2) is 24.3 Å². The minimum Gasteiger partial charge on any atom is -0.399 e. The Morgan fingerprint density at radius 2 is 2.00 bits per heavy atom. The molecule has 0 aliphatic carbocycles. The predicted octanol–water partition coefficient (Wildman–Crippen LogP) is 2.88. The van der Waals surface area contributed by atoms with Crippen LogP contribution >= 0.6 is 0 Å². The van der Waals surface area contributed by atoms with Crippen LogP contribution < -0.4 is 5.73 Å². The minimum absolute atomic E-state index is 0.134. The van der Waals surface area contributed by atoms with Crippen molar-refractivity contribution in [2.24, 2.45) is 5.92 Å². The van der Waals surface area contributed by atoms with Crippen molar-refractivity contribution in [1.82, 2.24) is 4.90 Å². The molecule has 0 bridgehead atoms. The van der Waals surface area contributed by atoms with Crippen LogP contribution in [0.4, 0.5) is 5.69 Å². The summed E-state index contributed by atoms with van der Waals surface area (Å²) in [5, 5.41) is 0. The highest BCUT2D eigenvalue weighted by Gasteiger charge is 2.19. The fourth-order valence-corrected chi connectivity index (χ4v) is 1.86. The Labute approximate surface area is 110 Å². The molecule has 0 spiro atoms. The molecular weight excluding hydrogens is 224 g/mol. The number of hydrogen-bond acceptors (Lipinski definition) is 2. The highest BCUT2D eigenvalue weighted by Crippen LogP contribution is 2.20. The van der Waals surface area contributed by atoms with Crippen molar-refractivity contribution in [2.45, 2.75) is 33.1 Å². The summed E-state index contributed by atoms with van der Waals surface area (Å²) in [6.07, 6.45) is 1.03. The Kier molecular flexibility index (Phi) is 5.20. The molecule has 0 aliphatic rings. The third-order valence-electron chi connectivity index (χ3n) is 3.20. The van der Waals surface area contributed by atoms with Crippen molar-refractivity contribution in [3.63, 3.8) is 0 Å². The standard InChI is InChI=1S/C15H24N2O/c1-11(2)8-9-17(4)15(18)12(3)13-6-5-7-14(16)10-13/h5-7,10-12H,8-9,16H2,1-4H3. The molecule has 0 fully saturated rings. The van der Waals surface area contributed by atoms with Crippen molar-refractivity contribution in [3.05, 3.63) is 29.8 Å². The van der Waals surface area contributed by atoms with Crippen LogP contribution in [0.2, 0.25) is 0 Å². The largest absolute Gasteiger partial charge is 0.399 e. The summed E-state index contributed by atoms with van der Waals surface area (Å²) in [7, 11) is 1.87. The second kappa shape index (κ2) is 6.43. The first kappa shape index (κ1) is 14.6. The van der Waals surface area contributed by atoms with Gasteiger partial charge < -0.3 is 10.6 Å². The third kappa shape index (κ3) is 4.06. The van der Waals surface area contributed by atoms with Crippen molar-refractivity contribution < 1.29 is 4.79 Å². The molecule has 1 atom stereocenters. The number of benzene rings is 1. The number of rotatable bonds is 5. The summed E-state index contributed by atoms with van der Waals surface area (Å²) < 4.78 is 0. The Balaban J connectivity index is 2.66. The molecule has 3 heteroatoms. The molecule has 0 heterocycles. The van der Waals surface area contributed by atoms with Crippen LogP contribution in [0.1, 0.15) is 38.7 Å². The maximum atomic E-state index is 12.3. The van der Waals surface area contributed by atoms with Gasteiger partial charge in [-0.2, -0.15) is 0 Å². The number of anilines is 1. The summed E-state index contributed by atoms with van der Waals surface area (Å²) >= 11 is 0. The number of nitrogens with two attached hydrogens (primary N) is 1. The molecule has 0 aliphatic heterocycles. The minimum atomic E-state index is -0.134. The predicted molar refractivity (Wildman–Crippen MR) is 76.4 cm³/mol. The second-order valence-corrected chi connectivity index (χ2v) is 5.33. The van der Waals surface area contributed by atoms with E-state index in [0.717, 1.165) is 18.5 Å². The van der Waals surface area contributed by atoms with Crippen molar-refractivity contribution in [1.29, 1.82) is 0 Å². The van der Waals surface area contributed by atoms with E-state index in [1.54, 1.807) is 0 Å². The average Bonchev–Trinajstić information content (AvgIpc) is 2.34. The van der Waals surface area contributed by atoms with Crippen molar-refractivity contribution in [2.75, 3.05) is 19.3 Å². The van der Waals surface area contributed by atoms with Gasteiger partial charge in [-0.1, -0.05) is 26.0 Å². The molecule has 1 rings (SSSR count). The van der Waals surface area contributed by atoms with Gasteiger partial charge in [0.15, 0.2) is 0 Å². The summed E-state index contributed by atoms with van der Waals surface area (Å²) in [6.45, 7) is 7.07. The summed E-state index contributed by atoms with van der Waals surface area (Å²) in [5.41, 5.74) is 7.43. The molecule has 0 saturated heterocycles. The molecule has 1 aromatic carbocycles. The molecular formula is C15H24N2O. The SMILES string of the molecule is CC(C)CCN(C)C(=O)C(C)c1cccc(N)c1. The van der Waals surface area contributed by atoms with E-state index in [0.29, 0.717) is 11.6 Å². The van der Waals surface area contributed by atoms with Gasteiger partial charge >= 0.3 is 0 Å². The Morgan fingerprint density at radius 1 is 1.33 bits per heavy atom. The maximum absolute atomic E-state index is 12.3. The fraction of sp³-hybridized carbons (Fsp3) is 0.533. The van der Waals surface area contributed by atoms with Crippen LogP contribution in [0, 0.1) is 5.92 Å². The summed E-state index contributed by atoms with van der Waals surface area (Å²) in [5.74, 6) is 0.634. The quantitative estimate of drug-likeness (QED) is 0.814. The first-order chi connectivity index (χ1) is 8.41. The highest BCUT2D eigenvalue weighted by molar-refractivity contribution is 5.83. The zero-order valence-corrected chi connectivity index (χ0v) is 11.8. The molecule has 0 radical (unpaired) electrons. The van der Waals surface area contributed by atoms with Crippen LogP contribution in [0.5, 0.6) is 0 Å². The Hall–Kier alpha value is -1.51. The van der Waals surface area contributed by atoms with E-state index in [1.807, 2.05) is 43.1 Å². The molecule has 1 unspecified atom stereocenters. The molecule has 2 N–H and O–H groups in total. The van der Waals surface area contributed by atoms with Crippen LogP contribution in [0.3, 0.4) is 0 Å². The molecule has 0 saturated carbocycles. The lowest BCUT2D eigenvalue weighted by atomic mass is 9.99. The molecule has 1 aromatic rings. The van der Waals surface area contributed by atoms with E-state index in [1.165, 1.54) is 0 Å². The van der Waals surface area contributed by atoms with Crippen LogP contribution in [-0.4, -0.2) is 24.4 Å². The maximum Gasteiger partial charge on any atom is 0.229 e. The van der Waals surface area contributed by atoms with E-state index in [9.17, 15) is 4.79 Å². The van der Waals surface area contributed by atoms with Gasteiger partial charge in [-0.15, -0.1) is 0 Å². The third-order valence-corrected chi connectivity index (χ3v) is 3.20. The van der Waals surface area contributed by atoms with Crippen LogP contribution in [0.25, 0.3) is 0 Å². The van der Waals surface area contributed by atoms with E-state index in [2.05, 4.69) is 13.8 Å². The number of likely N-dealkylation sites (N-methyl/N-ethyl adjacent to an activating group) is 1. The van der Waals surface area contributed by atoms with Gasteiger partial charge in [-0.25, -0.2) is 0 Å². The van der Waals surface area contributed by atoms with Gasteiger partial charge in [0.2, 0.25) is 5.91 Å². The zero-order chi connectivity index (χ0) is 13.7. The Morgan fingerprint density at radius 3 is 2.56 bits per heavy atom. The Bertz CT molecular complexity index is 401. The van der Waals surface area contributed by atoms with Gasteiger partial charge in [0, 0.05) is 19.3 Å². The number of hydrogen-bond donors (Lipinski definition) is 1. The highest BCUT2D eigenvalue weighted by atomic mass is 16.2. The molecule has 100 valence electrons. The fourth-order valence-electron chi connectivity index (χ4n) is 1.86. The first-order valence-corrected chi connectivity index (χ1v) is 6.52. The number of carbonyl (C=O) groups excluding carboxylic acids is 1. The van der Waals surface area contributed by atoms with Crippen molar-refractivity contribution >= 4 is 11.6 Å². The monoisotopic (exact) mass is 248 g/mol. The normalized spacial score (nSPS) is 12.5. The molecule has 18 heavy (non-hydrogen) atoms. The van der Waals surface area contributed by atoms with Gasteiger partial charge in [-0.3, -0.25) is 4.79 Å². The van der Waals surface area contributed by atoms with Gasteiger partial charge in [0.25, 0.3) is 0 Å². The number of carbonyl (C=O) groups is 1. The second-order valence-electron chi connectivity index (χ2n) is 5.33. The molecule has 1 amide bonds. The van der Waals surface area contributed by atoms with Gasteiger partial charge in [-0.05, 0) is 37.0 Å². The number of nitrogens with zero attached hydrogens (tertiary/aromatic N) is 1. The summed E-state index contributed by atoms with van der Waals surface area (Å²) in [6, 6.07) is 7.56. The average molecular weight is 248 g/mol. The van der Waals surface area contributed by atoms with E-state index in [-0.39, 0.29) is 11.8 Å². The summed E-state index contributed by atoms with van der Waals surface area (Å²) in [4.78, 5) is 14.1. The lowest BCUT2D eigenvalue weighted by molar-refractivity contribution is -0.131.